The Bertz CT molecular complexity index is 1540. The molecule has 0 spiro atoms. The lowest BCUT2D eigenvalue weighted by atomic mass is 10.1. The number of urea groups is 1. The maximum atomic E-state index is 13.7. The van der Waals surface area contributed by atoms with E-state index in [2.05, 4.69) is 16.4 Å². The molecule has 178 valence electrons. The Hall–Kier alpha value is -4.43. The van der Waals surface area contributed by atoms with Gasteiger partial charge in [-0.2, -0.15) is 5.26 Å². The number of nitrogens with zero attached hydrogens (tertiary/aromatic N) is 5. The summed E-state index contributed by atoms with van der Waals surface area (Å²) in [4.78, 5) is 36.3. The summed E-state index contributed by atoms with van der Waals surface area (Å²) in [5.74, 6) is 1.02. The van der Waals surface area contributed by atoms with Crippen LogP contribution >= 0.6 is 12.2 Å². The number of amides is 3. The van der Waals surface area contributed by atoms with Gasteiger partial charge in [0.05, 0.1) is 24.0 Å². The standard InChI is InChI=1S/C25H18N6O4S/c26-9-17-15-3-1-2-4-16(15)19(10-27-17)31-23(32)22-18-8-14(30(22)25(31)33)11-29(18)24(36)28-13-5-6-20-21(7-13)35-12-34-20/h1-7,10,14,18,22H,8,11-12H2,(H,28,36)/t14-,18?,22+/m1/s1. The first-order valence-corrected chi connectivity index (χ1v) is 11.9. The van der Waals surface area contributed by atoms with E-state index in [4.69, 9.17) is 21.7 Å². The molecular weight excluding hydrogens is 480 g/mol. The Morgan fingerprint density at radius 2 is 1.94 bits per heavy atom. The number of piperazine rings is 1. The van der Waals surface area contributed by atoms with Gasteiger partial charge < -0.3 is 24.6 Å². The van der Waals surface area contributed by atoms with Crippen molar-refractivity contribution in [3.05, 3.63) is 54.4 Å². The average Bonchev–Trinajstić information content (AvgIpc) is 3.66. The Labute approximate surface area is 210 Å². The number of anilines is 2. The van der Waals surface area contributed by atoms with E-state index in [1.165, 1.54) is 11.1 Å². The highest BCUT2D eigenvalue weighted by Gasteiger charge is 2.62. The maximum absolute atomic E-state index is 13.7. The minimum atomic E-state index is -0.637. The molecule has 3 fully saturated rings. The molecule has 11 heteroatoms. The van der Waals surface area contributed by atoms with Crippen LogP contribution in [0.25, 0.3) is 10.8 Å². The number of nitriles is 1. The number of hydrogen-bond acceptors (Lipinski definition) is 7. The average molecular weight is 499 g/mol. The van der Waals surface area contributed by atoms with E-state index in [0.29, 0.717) is 46.0 Å². The van der Waals surface area contributed by atoms with Crippen LogP contribution in [0, 0.1) is 11.3 Å². The predicted octanol–water partition coefficient (Wildman–Crippen LogP) is 2.83. The monoisotopic (exact) mass is 498 g/mol. The largest absolute Gasteiger partial charge is 0.454 e. The number of carbonyl (C=O) groups excluding carboxylic acids is 2. The number of thiocarbonyl (C=S) groups is 1. The van der Waals surface area contributed by atoms with Crippen LogP contribution in [0.1, 0.15) is 12.1 Å². The van der Waals surface area contributed by atoms with Crippen molar-refractivity contribution in [2.45, 2.75) is 24.5 Å². The van der Waals surface area contributed by atoms with E-state index in [-0.39, 0.29) is 36.5 Å². The van der Waals surface area contributed by atoms with Crippen LogP contribution in [0.3, 0.4) is 0 Å². The number of hydrogen-bond donors (Lipinski definition) is 1. The lowest BCUT2D eigenvalue weighted by Crippen LogP contribution is -2.55. The van der Waals surface area contributed by atoms with Gasteiger partial charge in [-0.3, -0.25) is 4.79 Å². The summed E-state index contributed by atoms with van der Waals surface area (Å²) in [5.41, 5.74) is 1.40. The second kappa shape index (κ2) is 7.53. The number of likely N-dealkylation sites (tertiary alicyclic amines) is 1. The molecule has 0 aliphatic carbocycles. The highest BCUT2D eigenvalue weighted by atomic mass is 32.1. The van der Waals surface area contributed by atoms with Gasteiger partial charge in [0, 0.05) is 29.1 Å². The molecule has 5 heterocycles. The molecule has 3 saturated heterocycles. The van der Waals surface area contributed by atoms with E-state index in [9.17, 15) is 14.9 Å². The Morgan fingerprint density at radius 3 is 2.78 bits per heavy atom. The number of fused-ring (bicyclic) bond motifs is 7. The van der Waals surface area contributed by atoms with E-state index in [1.807, 2.05) is 29.2 Å². The van der Waals surface area contributed by atoms with Crippen molar-refractivity contribution in [2.75, 3.05) is 23.6 Å². The fraction of sp³-hybridized carbons (Fsp3) is 0.240. The molecule has 0 radical (unpaired) electrons. The zero-order chi connectivity index (χ0) is 24.6. The molecule has 4 aliphatic rings. The maximum Gasteiger partial charge on any atom is 0.332 e. The third-order valence-corrected chi connectivity index (χ3v) is 7.61. The van der Waals surface area contributed by atoms with Gasteiger partial charge in [0.2, 0.25) is 6.79 Å². The van der Waals surface area contributed by atoms with Crippen LogP contribution in [0.4, 0.5) is 16.2 Å². The van der Waals surface area contributed by atoms with Gasteiger partial charge in [-0.25, -0.2) is 14.7 Å². The van der Waals surface area contributed by atoms with Gasteiger partial charge in [-0.05, 0) is 30.8 Å². The van der Waals surface area contributed by atoms with Gasteiger partial charge in [-0.15, -0.1) is 0 Å². The van der Waals surface area contributed by atoms with Gasteiger partial charge in [0.1, 0.15) is 17.8 Å². The molecule has 1 unspecified atom stereocenters. The number of nitrogens with one attached hydrogen (secondary N) is 1. The van der Waals surface area contributed by atoms with Crippen molar-refractivity contribution in [3.8, 4) is 17.6 Å². The molecule has 1 N–H and O–H groups in total. The molecule has 2 aromatic carbocycles. The van der Waals surface area contributed by atoms with Crippen LogP contribution in [-0.4, -0.2) is 63.3 Å². The highest BCUT2D eigenvalue weighted by Crippen LogP contribution is 2.44. The summed E-state index contributed by atoms with van der Waals surface area (Å²) >= 11 is 5.70. The number of ether oxygens (including phenoxy) is 2. The highest BCUT2D eigenvalue weighted by molar-refractivity contribution is 7.80. The Balaban J connectivity index is 1.17. The smallest absolute Gasteiger partial charge is 0.332 e. The summed E-state index contributed by atoms with van der Waals surface area (Å²) < 4.78 is 10.8. The molecule has 2 bridgehead atoms. The van der Waals surface area contributed by atoms with Crippen LogP contribution in [0.2, 0.25) is 0 Å². The number of rotatable bonds is 2. The number of carbonyl (C=O) groups is 2. The third kappa shape index (κ3) is 2.82. The molecule has 3 aromatic rings. The van der Waals surface area contributed by atoms with Crippen molar-refractivity contribution in [1.82, 2.24) is 14.8 Å². The minimum Gasteiger partial charge on any atom is -0.454 e. The summed E-state index contributed by atoms with van der Waals surface area (Å²) in [6.45, 7) is 0.726. The van der Waals surface area contributed by atoms with Crippen molar-refractivity contribution in [1.29, 1.82) is 5.26 Å². The topological polar surface area (TPSA) is 111 Å². The quantitative estimate of drug-likeness (QED) is 0.421. The van der Waals surface area contributed by atoms with E-state index in [0.717, 1.165) is 5.69 Å². The second-order valence-electron chi connectivity index (χ2n) is 9.07. The first kappa shape index (κ1) is 20.9. The predicted molar refractivity (Wildman–Crippen MR) is 133 cm³/mol. The SMILES string of the molecule is N#Cc1ncc(N2C(=O)[C@@H]3C4C[C@H](CN4C(=S)Nc4ccc5c(c4)OCO5)N3C2=O)c2ccccc12. The lowest BCUT2D eigenvalue weighted by Gasteiger charge is -2.36. The summed E-state index contributed by atoms with van der Waals surface area (Å²) in [5, 5.41) is 14.4. The van der Waals surface area contributed by atoms with Crippen molar-refractivity contribution >= 4 is 51.4 Å². The fourth-order valence-corrected chi connectivity index (χ4v) is 6.05. The Kier molecular flexibility index (Phi) is 4.37. The van der Waals surface area contributed by atoms with E-state index in [1.54, 1.807) is 23.1 Å². The molecule has 7 rings (SSSR count). The number of imide groups is 1. The number of aromatic nitrogens is 1. The van der Waals surface area contributed by atoms with Gasteiger partial charge in [0.25, 0.3) is 5.91 Å². The van der Waals surface area contributed by atoms with E-state index >= 15 is 0 Å². The summed E-state index contributed by atoms with van der Waals surface area (Å²) in [6.07, 6.45) is 2.11. The minimum absolute atomic E-state index is 0.129. The molecule has 3 atom stereocenters. The first-order valence-electron chi connectivity index (χ1n) is 11.5. The lowest BCUT2D eigenvalue weighted by molar-refractivity contribution is -0.120. The van der Waals surface area contributed by atoms with Crippen molar-refractivity contribution < 1.29 is 19.1 Å². The van der Waals surface area contributed by atoms with Crippen LogP contribution in [-0.2, 0) is 4.79 Å². The molecule has 4 aliphatic heterocycles. The molecule has 3 amide bonds. The van der Waals surface area contributed by atoms with Crippen LogP contribution in [0.5, 0.6) is 11.5 Å². The van der Waals surface area contributed by atoms with Crippen LogP contribution in [0.15, 0.2) is 48.7 Å². The zero-order valence-electron chi connectivity index (χ0n) is 18.7. The number of pyridine rings is 1. The summed E-state index contributed by atoms with van der Waals surface area (Å²) in [6, 6.07) is 13.4. The second-order valence-corrected chi connectivity index (χ2v) is 9.45. The van der Waals surface area contributed by atoms with Gasteiger partial charge >= 0.3 is 6.03 Å². The van der Waals surface area contributed by atoms with Crippen LogP contribution < -0.4 is 19.7 Å². The number of benzene rings is 2. The molecule has 10 nitrogen and oxygen atoms in total. The normalized spacial score (nSPS) is 23.4. The van der Waals surface area contributed by atoms with Gasteiger partial charge in [-0.1, -0.05) is 24.3 Å². The van der Waals surface area contributed by atoms with E-state index < -0.39 is 6.04 Å². The zero-order valence-corrected chi connectivity index (χ0v) is 19.6. The first-order chi connectivity index (χ1) is 17.5. The molecule has 0 saturated carbocycles. The molecule has 36 heavy (non-hydrogen) atoms. The third-order valence-electron chi connectivity index (χ3n) is 7.27. The Morgan fingerprint density at radius 1 is 1.14 bits per heavy atom. The van der Waals surface area contributed by atoms with Gasteiger partial charge in [0.15, 0.2) is 16.6 Å². The molecular formula is C25H18N6O4S. The fourth-order valence-electron chi connectivity index (χ4n) is 5.73. The van der Waals surface area contributed by atoms with Crippen molar-refractivity contribution in [3.63, 3.8) is 0 Å². The molecule has 1 aromatic heterocycles. The van der Waals surface area contributed by atoms with Crippen molar-refractivity contribution in [2.24, 2.45) is 0 Å². The summed E-state index contributed by atoms with van der Waals surface area (Å²) in [7, 11) is 0.